The minimum Gasteiger partial charge on any atom is -0.337 e. The number of rotatable bonds is 2. The summed E-state index contributed by atoms with van der Waals surface area (Å²) < 4.78 is 1.82. The van der Waals surface area contributed by atoms with Gasteiger partial charge in [-0.25, -0.2) is 0 Å². The van der Waals surface area contributed by atoms with Crippen molar-refractivity contribution in [2.75, 3.05) is 0 Å². The molecule has 1 rings (SSSR count). The van der Waals surface area contributed by atoms with Crippen molar-refractivity contribution < 1.29 is 9.67 Å². The van der Waals surface area contributed by atoms with Crippen LogP contribution in [0.15, 0.2) is 24.5 Å². The van der Waals surface area contributed by atoms with Crippen molar-refractivity contribution in [1.82, 2.24) is 0 Å². The average molecular weight is 194 g/mol. The molecule has 2 heteroatoms. The lowest BCUT2D eigenvalue weighted by Gasteiger charge is -2.17. The van der Waals surface area contributed by atoms with Crippen molar-refractivity contribution in [3.05, 3.63) is 30.1 Å². The number of aliphatic hydroxyl groups excluding tert-OH is 1. The first-order valence-electron chi connectivity index (χ1n) is 5.06. The van der Waals surface area contributed by atoms with Crippen LogP contribution in [0.4, 0.5) is 0 Å². The quantitative estimate of drug-likeness (QED) is 0.716. The average Bonchev–Trinajstić information content (AvgIpc) is 2.01. The molecule has 2 nitrogen and oxygen atoms in total. The van der Waals surface area contributed by atoms with Crippen LogP contribution in [0.3, 0.4) is 0 Å². The second kappa shape index (κ2) is 4.09. The number of aliphatic hydroxyl groups is 1. The first-order chi connectivity index (χ1) is 6.38. The number of pyridine rings is 1. The number of hydrogen-bond acceptors (Lipinski definition) is 1. The molecule has 0 saturated carbocycles. The minimum absolute atomic E-state index is 0.290. The predicted molar refractivity (Wildman–Crippen MR) is 56.7 cm³/mol. The van der Waals surface area contributed by atoms with Crippen LogP contribution in [-0.4, -0.2) is 5.11 Å². The fourth-order valence-corrected chi connectivity index (χ4v) is 1.49. The van der Waals surface area contributed by atoms with Gasteiger partial charge in [-0.1, -0.05) is 20.8 Å². The summed E-state index contributed by atoms with van der Waals surface area (Å²) in [6.45, 7) is 8.41. The molecule has 0 aliphatic rings. The van der Waals surface area contributed by atoms with Gasteiger partial charge in [-0.15, -0.1) is 0 Å². The van der Waals surface area contributed by atoms with Crippen molar-refractivity contribution in [1.29, 1.82) is 0 Å². The monoisotopic (exact) mass is 194 g/mol. The van der Waals surface area contributed by atoms with E-state index in [1.807, 2.05) is 23.0 Å². The van der Waals surface area contributed by atoms with Gasteiger partial charge in [-0.3, -0.25) is 0 Å². The van der Waals surface area contributed by atoms with Crippen LogP contribution >= 0.6 is 0 Å². The Hall–Kier alpha value is -0.890. The van der Waals surface area contributed by atoms with E-state index in [2.05, 4.69) is 26.8 Å². The smallest absolute Gasteiger partial charge is 0.257 e. The fraction of sp³-hybridized carbons (Fsp3) is 0.583. The zero-order valence-corrected chi connectivity index (χ0v) is 9.49. The van der Waals surface area contributed by atoms with Gasteiger partial charge in [0.25, 0.3) is 6.23 Å². The summed E-state index contributed by atoms with van der Waals surface area (Å²) >= 11 is 0. The van der Waals surface area contributed by atoms with Gasteiger partial charge in [0.05, 0.1) is 0 Å². The molecule has 0 saturated heterocycles. The highest BCUT2D eigenvalue weighted by Gasteiger charge is 2.14. The van der Waals surface area contributed by atoms with Gasteiger partial charge in [-0.2, -0.15) is 4.57 Å². The van der Waals surface area contributed by atoms with Crippen molar-refractivity contribution in [2.24, 2.45) is 5.41 Å². The van der Waals surface area contributed by atoms with Crippen LogP contribution in [0, 0.1) is 5.41 Å². The first kappa shape index (κ1) is 11.2. The van der Waals surface area contributed by atoms with Crippen molar-refractivity contribution in [3.63, 3.8) is 0 Å². The molecule has 0 bridgehead atoms. The third-order valence-corrected chi connectivity index (χ3v) is 2.05. The SMILES string of the molecule is C[C@@H](O)[n+]1cccc(CC(C)(C)C)c1. The maximum absolute atomic E-state index is 9.41. The van der Waals surface area contributed by atoms with Crippen molar-refractivity contribution in [2.45, 2.75) is 40.3 Å². The maximum Gasteiger partial charge on any atom is 0.257 e. The van der Waals surface area contributed by atoms with E-state index in [1.54, 1.807) is 6.92 Å². The van der Waals surface area contributed by atoms with E-state index in [0.717, 1.165) is 6.42 Å². The predicted octanol–water partition coefficient (Wildman–Crippen LogP) is 2.07. The van der Waals surface area contributed by atoms with Gasteiger partial charge in [0.1, 0.15) is 0 Å². The summed E-state index contributed by atoms with van der Waals surface area (Å²) in [4.78, 5) is 0. The molecule has 0 spiro atoms. The van der Waals surface area contributed by atoms with Crippen LogP contribution in [0.2, 0.25) is 0 Å². The molecule has 1 aromatic heterocycles. The molecular weight excluding hydrogens is 174 g/mol. The summed E-state index contributed by atoms with van der Waals surface area (Å²) in [5.74, 6) is 0. The minimum atomic E-state index is -0.449. The maximum atomic E-state index is 9.41. The number of hydrogen-bond donors (Lipinski definition) is 1. The van der Waals surface area contributed by atoms with E-state index in [4.69, 9.17) is 0 Å². The Morgan fingerprint density at radius 3 is 2.57 bits per heavy atom. The molecule has 1 heterocycles. The summed E-state index contributed by atoms with van der Waals surface area (Å²) in [6, 6.07) is 4.08. The van der Waals surface area contributed by atoms with E-state index in [1.165, 1.54) is 5.56 Å². The van der Waals surface area contributed by atoms with Gasteiger partial charge in [-0.05, 0) is 17.9 Å². The van der Waals surface area contributed by atoms with Crippen molar-refractivity contribution >= 4 is 0 Å². The summed E-state index contributed by atoms with van der Waals surface area (Å²) in [7, 11) is 0. The summed E-state index contributed by atoms with van der Waals surface area (Å²) in [6.07, 6.45) is 4.47. The largest absolute Gasteiger partial charge is 0.337 e. The Balaban J connectivity index is 2.84. The highest BCUT2D eigenvalue weighted by Crippen LogP contribution is 2.19. The summed E-state index contributed by atoms with van der Waals surface area (Å²) in [5, 5.41) is 9.41. The number of nitrogens with zero attached hydrogens (tertiary/aromatic N) is 1. The summed E-state index contributed by atoms with van der Waals surface area (Å²) in [5.41, 5.74) is 1.55. The molecule has 0 aliphatic heterocycles. The van der Waals surface area contributed by atoms with Crippen molar-refractivity contribution in [3.8, 4) is 0 Å². The molecule has 14 heavy (non-hydrogen) atoms. The van der Waals surface area contributed by atoms with E-state index >= 15 is 0 Å². The van der Waals surface area contributed by atoms with Crippen LogP contribution < -0.4 is 4.57 Å². The zero-order valence-electron chi connectivity index (χ0n) is 9.49. The Morgan fingerprint density at radius 1 is 1.43 bits per heavy atom. The molecule has 0 aromatic carbocycles. The fourth-order valence-electron chi connectivity index (χ4n) is 1.49. The second-order valence-electron chi connectivity index (χ2n) is 5.03. The lowest BCUT2D eigenvalue weighted by molar-refractivity contribution is -0.756. The first-order valence-corrected chi connectivity index (χ1v) is 5.06. The molecule has 0 aliphatic carbocycles. The van der Waals surface area contributed by atoms with E-state index in [9.17, 15) is 5.11 Å². The van der Waals surface area contributed by atoms with E-state index in [-0.39, 0.29) is 5.41 Å². The second-order valence-corrected chi connectivity index (χ2v) is 5.03. The van der Waals surface area contributed by atoms with Gasteiger partial charge in [0, 0.05) is 18.6 Å². The third kappa shape index (κ3) is 3.46. The van der Waals surface area contributed by atoms with E-state index < -0.39 is 6.23 Å². The van der Waals surface area contributed by atoms with Crippen LogP contribution in [0.5, 0.6) is 0 Å². The zero-order chi connectivity index (χ0) is 10.8. The molecule has 1 atom stereocenters. The Kier molecular flexibility index (Phi) is 3.27. The number of aromatic nitrogens is 1. The normalized spacial score (nSPS) is 14.1. The molecular formula is C12H20NO+. The Bertz CT molecular complexity index is 299. The standard InChI is InChI=1S/C12H20NO/c1-10(14)13-7-5-6-11(9-13)8-12(2,3)4/h5-7,9-10,14H,8H2,1-4H3/q+1/t10-/m1/s1. The van der Waals surface area contributed by atoms with Gasteiger partial charge < -0.3 is 5.11 Å². The molecule has 0 amide bonds. The van der Waals surface area contributed by atoms with Crippen LogP contribution in [0.1, 0.15) is 39.5 Å². The third-order valence-electron chi connectivity index (χ3n) is 2.05. The molecule has 1 aromatic rings. The molecule has 1 N–H and O–H groups in total. The molecule has 0 unspecified atom stereocenters. The van der Waals surface area contributed by atoms with Gasteiger partial charge in [0.2, 0.25) is 0 Å². The molecule has 78 valence electrons. The highest BCUT2D eigenvalue weighted by atomic mass is 16.3. The molecule has 0 radical (unpaired) electrons. The van der Waals surface area contributed by atoms with E-state index in [0.29, 0.717) is 0 Å². The highest BCUT2D eigenvalue weighted by molar-refractivity contribution is 5.07. The Labute approximate surface area is 86.2 Å². The lowest BCUT2D eigenvalue weighted by atomic mass is 9.89. The lowest BCUT2D eigenvalue weighted by Crippen LogP contribution is -2.37. The topological polar surface area (TPSA) is 24.1 Å². The van der Waals surface area contributed by atoms with Crippen LogP contribution in [0.25, 0.3) is 0 Å². The Morgan fingerprint density at radius 2 is 2.07 bits per heavy atom. The van der Waals surface area contributed by atoms with Gasteiger partial charge in [0.15, 0.2) is 12.4 Å². The van der Waals surface area contributed by atoms with Crippen LogP contribution in [-0.2, 0) is 6.42 Å². The van der Waals surface area contributed by atoms with Gasteiger partial charge >= 0.3 is 0 Å². The molecule has 0 fully saturated rings.